The van der Waals surface area contributed by atoms with Gasteiger partial charge in [0.25, 0.3) is 0 Å². The Bertz CT molecular complexity index is 436. The summed E-state index contributed by atoms with van der Waals surface area (Å²) in [5.41, 5.74) is 0.849. The summed E-state index contributed by atoms with van der Waals surface area (Å²) < 4.78 is 37.7. The lowest BCUT2D eigenvalue weighted by molar-refractivity contribution is -0.184. The van der Waals surface area contributed by atoms with Crippen molar-refractivity contribution in [3.05, 3.63) is 18.0 Å². The predicted octanol–water partition coefficient (Wildman–Crippen LogP) is 2.96. The molecule has 2 N–H and O–H groups in total. The van der Waals surface area contributed by atoms with Gasteiger partial charge in [0.05, 0.1) is 18.2 Å². The number of H-pyrrole nitrogens is 1. The number of rotatable bonds is 3. The molecule has 0 saturated heterocycles. The quantitative estimate of drug-likeness (QED) is 0.898. The second-order valence-electron chi connectivity index (χ2n) is 5.35. The summed E-state index contributed by atoms with van der Waals surface area (Å²) in [5, 5.41) is 9.28. The number of amides is 1. The van der Waals surface area contributed by atoms with Crippen molar-refractivity contribution in [2.75, 3.05) is 0 Å². The van der Waals surface area contributed by atoms with Crippen LogP contribution in [-0.4, -0.2) is 22.3 Å². The van der Waals surface area contributed by atoms with E-state index in [0.717, 1.165) is 5.56 Å². The molecule has 0 aromatic carbocycles. The zero-order chi connectivity index (χ0) is 14.8. The monoisotopic (exact) mass is 289 g/mol. The number of alkyl halides is 3. The molecular formula is C13H18F3N3O. The molecule has 1 aliphatic carbocycles. The molecule has 2 rings (SSSR count). The van der Waals surface area contributed by atoms with Crippen molar-refractivity contribution < 1.29 is 18.0 Å². The van der Waals surface area contributed by atoms with Crippen LogP contribution in [0.3, 0.4) is 0 Å². The van der Waals surface area contributed by atoms with E-state index in [9.17, 15) is 18.0 Å². The van der Waals surface area contributed by atoms with Crippen LogP contribution in [0.2, 0.25) is 0 Å². The maximum Gasteiger partial charge on any atom is 0.391 e. The van der Waals surface area contributed by atoms with Crippen LogP contribution in [0.4, 0.5) is 13.2 Å². The Balaban J connectivity index is 1.83. The summed E-state index contributed by atoms with van der Waals surface area (Å²) in [6.07, 6.45) is -0.145. The Morgan fingerprint density at radius 1 is 1.40 bits per heavy atom. The molecule has 1 aromatic rings. The van der Waals surface area contributed by atoms with Gasteiger partial charge in [-0.3, -0.25) is 9.89 Å². The van der Waals surface area contributed by atoms with Gasteiger partial charge in [-0.15, -0.1) is 0 Å². The summed E-state index contributed by atoms with van der Waals surface area (Å²) in [4.78, 5) is 12.0. The fraction of sp³-hybridized carbons (Fsp3) is 0.692. The number of carbonyl (C=O) groups is 1. The Morgan fingerprint density at radius 3 is 2.55 bits per heavy atom. The first-order valence-electron chi connectivity index (χ1n) is 6.73. The highest BCUT2D eigenvalue weighted by molar-refractivity contribution is 5.79. The van der Waals surface area contributed by atoms with Crippen molar-refractivity contribution in [1.82, 2.24) is 15.5 Å². The third-order valence-electron chi connectivity index (χ3n) is 3.94. The normalized spacial score (nSPS) is 25.2. The van der Waals surface area contributed by atoms with Gasteiger partial charge in [0.2, 0.25) is 5.91 Å². The highest BCUT2D eigenvalue weighted by Crippen LogP contribution is 2.39. The first-order chi connectivity index (χ1) is 9.38. The van der Waals surface area contributed by atoms with Crippen LogP contribution < -0.4 is 5.32 Å². The van der Waals surface area contributed by atoms with Gasteiger partial charge in [-0.25, -0.2) is 0 Å². The van der Waals surface area contributed by atoms with Gasteiger partial charge in [-0.05, 0) is 32.6 Å². The first-order valence-corrected chi connectivity index (χ1v) is 6.73. The van der Waals surface area contributed by atoms with E-state index in [1.165, 1.54) is 0 Å². The Kier molecular flexibility index (Phi) is 4.35. The van der Waals surface area contributed by atoms with Gasteiger partial charge >= 0.3 is 6.18 Å². The molecule has 0 bridgehead atoms. The van der Waals surface area contributed by atoms with Crippen molar-refractivity contribution in [3.8, 4) is 0 Å². The fourth-order valence-corrected chi connectivity index (χ4v) is 2.60. The molecule has 0 aliphatic heterocycles. The van der Waals surface area contributed by atoms with Gasteiger partial charge in [0, 0.05) is 17.7 Å². The minimum atomic E-state index is -4.13. The molecule has 1 heterocycles. The molecule has 1 amide bonds. The van der Waals surface area contributed by atoms with E-state index in [1.807, 2.05) is 6.92 Å². The van der Waals surface area contributed by atoms with E-state index >= 15 is 0 Å². The maximum atomic E-state index is 12.6. The average Bonchev–Trinajstić information content (AvgIpc) is 2.91. The number of nitrogens with zero attached hydrogens (tertiary/aromatic N) is 1. The topological polar surface area (TPSA) is 57.8 Å². The lowest BCUT2D eigenvalue weighted by Crippen LogP contribution is -2.37. The number of carbonyl (C=O) groups excluding carboxylic acids is 1. The summed E-state index contributed by atoms with van der Waals surface area (Å²) in [6, 6.07) is -0.193. The van der Waals surface area contributed by atoms with Crippen molar-refractivity contribution in [3.63, 3.8) is 0 Å². The van der Waals surface area contributed by atoms with Gasteiger partial charge in [-0.2, -0.15) is 18.3 Å². The molecule has 1 aromatic heterocycles. The molecule has 4 nitrogen and oxygen atoms in total. The van der Waals surface area contributed by atoms with Crippen molar-refractivity contribution in [2.24, 2.45) is 11.8 Å². The second kappa shape index (κ2) is 5.85. The molecule has 1 aliphatic rings. The Hall–Kier alpha value is -1.53. The molecule has 20 heavy (non-hydrogen) atoms. The lowest BCUT2D eigenvalue weighted by Gasteiger charge is -2.29. The molecule has 1 atom stereocenters. The van der Waals surface area contributed by atoms with Crippen molar-refractivity contribution in [2.45, 2.75) is 44.8 Å². The van der Waals surface area contributed by atoms with Crippen LogP contribution in [0.25, 0.3) is 0 Å². The van der Waals surface area contributed by atoms with Crippen molar-refractivity contribution >= 4 is 5.91 Å². The molecule has 112 valence electrons. The largest absolute Gasteiger partial charge is 0.391 e. The molecule has 0 spiro atoms. The summed E-state index contributed by atoms with van der Waals surface area (Å²) >= 11 is 0. The SMILES string of the molecule is CC(NC(=O)C1CCC(C(F)(F)F)CC1)c1cn[nH]c1. The number of halogens is 3. The van der Waals surface area contributed by atoms with Crippen molar-refractivity contribution in [1.29, 1.82) is 0 Å². The average molecular weight is 289 g/mol. The second-order valence-corrected chi connectivity index (χ2v) is 5.35. The number of hydrogen-bond acceptors (Lipinski definition) is 2. The highest BCUT2D eigenvalue weighted by atomic mass is 19.4. The van der Waals surface area contributed by atoms with Gasteiger partial charge in [-0.1, -0.05) is 0 Å². The zero-order valence-electron chi connectivity index (χ0n) is 11.2. The molecule has 1 unspecified atom stereocenters. The molecule has 1 fully saturated rings. The maximum absolute atomic E-state index is 12.6. The minimum absolute atomic E-state index is 0.0433. The summed E-state index contributed by atoms with van der Waals surface area (Å²) in [7, 11) is 0. The summed E-state index contributed by atoms with van der Waals surface area (Å²) in [5.74, 6) is -1.74. The number of nitrogens with one attached hydrogen (secondary N) is 2. The zero-order valence-corrected chi connectivity index (χ0v) is 11.2. The minimum Gasteiger partial charge on any atom is -0.349 e. The first kappa shape index (κ1) is 14.9. The number of aromatic nitrogens is 2. The Labute approximate surface area is 115 Å². The predicted molar refractivity (Wildman–Crippen MR) is 66.6 cm³/mol. The van der Waals surface area contributed by atoms with E-state index in [2.05, 4.69) is 15.5 Å². The third-order valence-corrected chi connectivity index (χ3v) is 3.94. The fourth-order valence-electron chi connectivity index (χ4n) is 2.60. The molecule has 1 saturated carbocycles. The third kappa shape index (κ3) is 3.52. The number of aromatic amines is 1. The standard InChI is InChI=1S/C13H18F3N3O/c1-8(10-6-17-18-7-10)19-12(20)9-2-4-11(5-3-9)13(14,15)16/h6-9,11H,2-5H2,1H3,(H,17,18)(H,19,20). The Morgan fingerprint density at radius 2 is 2.05 bits per heavy atom. The molecular weight excluding hydrogens is 271 g/mol. The van der Waals surface area contributed by atoms with Gasteiger partial charge < -0.3 is 5.32 Å². The highest BCUT2D eigenvalue weighted by Gasteiger charge is 2.42. The lowest BCUT2D eigenvalue weighted by atomic mass is 9.81. The van der Waals surface area contributed by atoms with E-state index < -0.39 is 12.1 Å². The van der Waals surface area contributed by atoms with Crippen LogP contribution in [0.5, 0.6) is 0 Å². The van der Waals surface area contributed by atoms with E-state index in [0.29, 0.717) is 12.8 Å². The van der Waals surface area contributed by atoms with Gasteiger partial charge in [0.15, 0.2) is 0 Å². The number of hydrogen-bond donors (Lipinski definition) is 2. The van der Waals surface area contributed by atoms with Gasteiger partial charge in [0.1, 0.15) is 0 Å². The molecule has 0 radical (unpaired) electrons. The van der Waals surface area contributed by atoms with Crippen LogP contribution in [0, 0.1) is 11.8 Å². The smallest absolute Gasteiger partial charge is 0.349 e. The van der Waals surface area contributed by atoms with Crippen LogP contribution >= 0.6 is 0 Å². The van der Waals surface area contributed by atoms with Crippen LogP contribution in [0.15, 0.2) is 12.4 Å². The molecule has 7 heteroatoms. The summed E-state index contributed by atoms with van der Waals surface area (Å²) in [6.45, 7) is 1.82. The van der Waals surface area contributed by atoms with E-state index in [-0.39, 0.29) is 30.7 Å². The van der Waals surface area contributed by atoms with Crippen LogP contribution in [-0.2, 0) is 4.79 Å². The van der Waals surface area contributed by atoms with E-state index in [1.54, 1.807) is 12.4 Å². The van der Waals surface area contributed by atoms with E-state index in [4.69, 9.17) is 0 Å². The van der Waals surface area contributed by atoms with Crippen LogP contribution in [0.1, 0.15) is 44.2 Å².